The Hall–Kier alpha value is -2.21. The fourth-order valence-corrected chi connectivity index (χ4v) is 2.83. The van der Waals surface area contributed by atoms with Crippen LogP contribution in [0.5, 0.6) is 0 Å². The Bertz CT molecular complexity index is 599. The van der Waals surface area contributed by atoms with Gasteiger partial charge in [0.1, 0.15) is 11.6 Å². The van der Waals surface area contributed by atoms with Gasteiger partial charge in [-0.3, -0.25) is 9.88 Å². The molecule has 0 saturated carbocycles. The summed E-state index contributed by atoms with van der Waals surface area (Å²) < 4.78 is 13.8. The van der Waals surface area contributed by atoms with E-state index in [9.17, 15) is 4.39 Å². The van der Waals surface area contributed by atoms with Crippen molar-refractivity contribution in [2.75, 3.05) is 49.5 Å². The molecule has 6 heteroatoms. The van der Waals surface area contributed by atoms with Gasteiger partial charge in [0.2, 0.25) is 0 Å². The standard InChI is InChI=1S/C17H22FN5/c18-15-4-1-2-5-16(15)23-12-10-22(11-13-23)9-3-6-20-17-14-19-7-8-21-17/h1-2,4-5,7-8,14H,3,6,9-13H2,(H,20,21). The van der Waals surface area contributed by atoms with E-state index in [0.29, 0.717) is 0 Å². The van der Waals surface area contributed by atoms with Gasteiger partial charge in [0.15, 0.2) is 0 Å². The van der Waals surface area contributed by atoms with Crippen LogP contribution < -0.4 is 10.2 Å². The lowest BCUT2D eigenvalue weighted by atomic mass is 10.2. The van der Waals surface area contributed by atoms with Crippen molar-refractivity contribution >= 4 is 11.5 Å². The highest BCUT2D eigenvalue weighted by Crippen LogP contribution is 2.20. The molecule has 0 bridgehead atoms. The molecule has 122 valence electrons. The number of hydrogen-bond donors (Lipinski definition) is 1. The zero-order valence-corrected chi connectivity index (χ0v) is 13.2. The molecule has 1 N–H and O–H groups in total. The van der Waals surface area contributed by atoms with Crippen molar-refractivity contribution in [3.8, 4) is 0 Å². The predicted molar refractivity (Wildman–Crippen MR) is 90.2 cm³/mol. The molecule has 1 aromatic heterocycles. The molecule has 0 radical (unpaired) electrons. The van der Waals surface area contributed by atoms with E-state index in [1.165, 1.54) is 6.07 Å². The second-order valence-electron chi connectivity index (χ2n) is 5.65. The van der Waals surface area contributed by atoms with Gasteiger partial charge in [0, 0.05) is 45.1 Å². The molecule has 1 fully saturated rings. The van der Waals surface area contributed by atoms with E-state index < -0.39 is 0 Å². The molecule has 0 atom stereocenters. The largest absolute Gasteiger partial charge is 0.369 e. The van der Waals surface area contributed by atoms with Gasteiger partial charge in [0.25, 0.3) is 0 Å². The summed E-state index contributed by atoms with van der Waals surface area (Å²) >= 11 is 0. The lowest BCUT2D eigenvalue weighted by Gasteiger charge is -2.36. The summed E-state index contributed by atoms with van der Waals surface area (Å²) in [4.78, 5) is 12.8. The molecule has 23 heavy (non-hydrogen) atoms. The number of hydrogen-bond acceptors (Lipinski definition) is 5. The van der Waals surface area contributed by atoms with Crippen LogP contribution in [0.2, 0.25) is 0 Å². The number of piperazine rings is 1. The van der Waals surface area contributed by atoms with Crippen LogP contribution in [0.4, 0.5) is 15.9 Å². The van der Waals surface area contributed by atoms with Crippen molar-refractivity contribution in [2.24, 2.45) is 0 Å². The third-order valence-corrected chi connectivity index (χ3v) is 4.09. The van der Waals surface area contributed by atoms with E-state index in [0.717, 1.165) is 57.2 Å². The van der Waals surface area contributed by atoms with Crippen LogP contribution in [0.3, 0.4) is 0 Å². The van der Waals surface area contributed by atoms with Crippen LogP contribution >= 0.6 is 0 Å². The van der Waals surface area contributed by atoms with Crippen molar-refractivity contribution in [3.63, 3.8) is 0 Å². The minimum absolute atomic E-state index is 0.130. The van der Waals surface area contributed by atoms with Crippen LogP contribution in [0.1, 0.15) is 6.42 Å². The van der Waals surface area contributed by atoms with Crippen molar-refractivity contribution in [1.82, 2.24) is 14.9 Å². The number of aromatic nitrogens is 2. The SMILES string of the molecule is Fc1ccccc1N1CCN(CCCNc2cnccn2)CC1. The highest BCUT2D eigenvalue weighted by Gasteiger charge is 2.18. The quantitative estimate of drug-likeness (QED) is 0.828. The summed E-state index contributed by atoms with van der Waals surface area (Å²) in [5.41, 5.74) is 0.719. The number of rotatable bonds is 6. The van der Waals surface area contributed by atoms with Crippen LogP contribution in [0.15, 0.2) is 42.9 Å². The number of benzene rings is 1. The van der Waals surface area contributed by atoms with Crippen molar-refractivity contribution in [1.29, 1.82) is 0 Å². The zero-order chi connectivity index (χ0) is 15.9. The number of halogens is 1. The van der Waals surface area contributed by atoms with Crippen LogP contribution in [-0.4, -0.2) is 54.1 Å². The minimum atomic E-state index is -0.130. The monoisotopic (exact) mass is 315 g/mol. The average molecular weight is 315 g/mol. The summed E-state index contributed by atoms with van der Waals surface area (Å²) in [6.07, 6.45) is 6.13. The highest BCUT2D eigenvalue weighted by molar-refractivity contribution is 5.47. The van der Waals surface area contributed by atoms with Gasteiger partial charge in [-0.15, -0.1) is 0 Å². The molecular formula is C17H22FN5. The first kappa shape index (κ1) is 15.7. The maximum Gasteiger partial charge on any atom is 0.146 e. The van der Waals surface area contributed by atoms with Crippen LogP contribution in [-0.2, 0) is 0 Å². The van der Waals surface area contributed by atoms with Crippen LogP contribution in [0, 0.1) is 5.82 Å². The summed E-state index contributed by atoms with van der Waals surface area (Å²) in [7, 11) is 0. The van der Waals surface area contributed by atoms with Gasteiger partial charge in [0.05, 0.1) is 11.9 Å². The number of nitrogens with zero attached hydrogens (tertiary/aromatic N) is 4. The molecular weight excluding hydrogens is 293 g/mol. The Balaban J connectivity index is 1.37. The molecule has 5 nitrogen and oxygen atoms in total. The molecule has 0 spiro atoms. The minimum Gasteiger partial charge on any atom is -0.369 e. The van der Waals surface area contributed by atoms with E-state index in [2.05, 4.69) is 25.1 Å². The third kappa shape index (κ3) is 4.39. The van der Waals surface area contributed by atoms with Gasteiger partial charge in [-0.05, 0) is 25.1 Å². The molecule has 2 aromatic rings. The van der Waals surface area contributed by atoms with E-state index in [1.54, 1.807) is 24.7 Å². The molecule has 1 aliphatic heterocycles. The zero-order valence-electron chi connectivity index (χ0n) is 13.2. The van der Waals surface area contributed by atoms with Gasteiger partial charge in [-0.25, -0.2) is 9.37 Å². The first-order valence-corrected chi connectivity index (χ1v) is 8.04. The lowest BCUT2D eigenvalue weighted by Crippen LogP contribution is -2.47. The first-order chi connectivity index (χ1) is 11.3. The van der Waals surface area contributed by atoms with E-state index >= 15 is 0 Å². The Kier molecular flexibility index (Phi) is 5.37. The van der Waals surface area contributed by atoms with Crippen LogP contribution in [0.25, 0.3) is 0 Å². The fraction of sp³-hybridized carbons (Fsp3) is 0.412. The van der Waals surface area contributed by atoms with Gasteiger partial charge < -0.3 is 10.2 Å². The van der Waals surface area contributed by atoms with Gasteiger partial charge in [-0.1, -0.05) is 12.1 Å². The Morgan fingerprint density at radius 2 is 1.91 bits per heavy atom. The molecule has 2 heterocycles. The number of anilines is 2. The second-order valence-corrected chi connectivity index (χ2v) is 5.65. The molecule has 1 saturated heterocycles. The summed E-state index contributed by atoms with van der Waals surface area (Å²) in [5.74, 6) is 0.686. The molecule has 1 aliphatic rings. The van der Waals surface area contributed by atoms with Crippen molar-refractivity contribution in [2.45, 2.75) is 6.42 Å². The molecule has 0 aliphatic carbocycles. The first-order valence-electron chi connectivity index (χ1n) is 8.04. The number of para-hydroxylation sites is 1. The maximum atomic E-state index is 13.8. The molecule has 0 amide bonds. The molecule has 1 aromatic carbocycles. The lowest BCUT2D eigenvalue weighted by molar-refractivity contribution is 0.256. The van der Waals surface area contributed by atoms with Gasteiger partial charge >= 0.3 is 0 Å². The summed E-state index contributed by atoms with van der Waals surface area (Å²) in [5, 5.41) is 3.27. The maximum absolute atomic E-state index is 13.8. The normalized spacial score (nSPS) is 15.6. The predicted octanol–water partition coefficient (Wildman–Crippen LogP) is 2.24. The van der Waals surface area contributed by atoms with Crippen molar-refractivity contribution < 1.29 is 4.39 Å². The topological polar surface area (TPSA) is 44.3 Å². The third-order valence-electron chi connectivity index (χ3n) is 4.09. The second kappa shape index (κ2) is 7.87. The van der Waals surface area contributed by atoms with E-state index in [4.69, 9.17) is 0 Å². The van der Waals surface area contributed by atoms with E-state index in [1.807, 2.05) is 12.1 Å². The van der Waals surface area contributed by atoms with Crippen molar-refractivity contribution in [3.05, 3.63) is 48.7 Å². The highest BCUT2D eigenvalue weighted by atomic mass is 19.1. The van der Waals surface area contributed by atoms with Gasteiger partial charge in [-0.2, -0.15) is 0 Å². The molecule has 3 rings (SSSR count). The summed E-state index contributed by atoms with van der Waals surface area (Å²) in [6, 6.07) is 7.01. The Labute approximate surface area is 136 Å². The molecule has 0 unspecified atom stereocenters. The summed E-state index contributed by atoms with van der Waals surface area (Å²) in [6.45, 7) is 5.61. The smallest absolute Gasteiger partial charge is 0.146 e. The number of nitrogens with one attached hydrogen (secondary N) is 1. The Morgan fingerprint density at radius 1 is 1.09 bits per heavy atom. The Morgan fingerprint density at radius 3 is 2.65 bits per heavy atom. The average Bonchev–Trinajstić information content (AvgIpc) is 2.61. The van der Waals surface area contributed by atoms with E-state index in [-0.39, 0.29) is 5.82 Å². The fourth-order valence-electron chi connectivity index (χ4n) is 2.83.